The highest BCUT2D eigenvalue weighted by Gasteiger charge is 2.38. The number of carbonyl (C=O) groups is 2. The third-order valence-corrected chi connectivity index (χ3v) is 4.54. The number of carbonyl (C=O) groups excluding carboxylic acids is 1. The van der Waals surface area contributed by atoms with Crippen molar-refractivity contribution in [2.75, 3.05) is 19.7 Å². The lowest BCUT2D eigenvalue weighted by atomic mass is 9.88. The molecule has 1 aromatic rings. The number of nitrogens with one attached hydrogen (secondary N) is 1. The number of nitrogens with zero attached hydrogens (tertiary/aromatic N) is 2. The summed E-state index contributed by atoms with van der Waals surface area (Å²) >= 11 is 0. The van der Waals surface area contributed by atoms with Gasteiger partial charge < -0.3 is 20.1 Å². The van der Waals surface area contributed by atoms with E-state index < -0.39 is 29.3 Å². The number of likely N-dealkylation sites (tertiary alicyclic amines) is 1. The predicted octanol–water partition coefficient (Wildman–Crippen LogP) is 3.43. The lowest BCUT2D eigenvalue weighted by molar-refractivity contribution is -0.137. The summed E-state index contributed by atoms with van der Waals surface area (Å²) in [5.74, 6) is -0.992. The molecular weight excluding hydrogens is 391 g/mol. The standard InChI is InChI=1S/C19H20F3N3O4/c1-2-3-8-29-15-10-13(9-14(11-15)19(20,21)22)16(26)24-18(12-23)4-6-25(7-5-18)17(27)28/h2,9-11H,1,3-8H2,(H,24,26)(H,27,28). The molecule has 2 rings (SSSR count). The monoisotopic (exact) mass is 411 g/mol. The summed E-state index contributed by atoms with van der Waals surface area (Å²) in [5, 5.41) is 21.0. The zero-order chi connectivity index (χ0) is 21.7. The number of piperidine rings is 1. The molecule has 0 aliphatic carbocycles. The molecule has 10 heteroatoms. The van der Waals surface area contributed by atoms with Crippen molar-refractivity contribution in [2.45, 2.75) is 31.0 Å². The van der Waals surface area contributed by atoms with Gasteiger partial charge in [-0.2, -0.15) is 18.4 Å². The molecule has 1 fully saturated rings. The van der Waals surface area contributed by atoms with Crippen molar-refractivity contribution in [1.29, 1.82) is 5.26 Å². The van der Waals surface area contributed by atoms with Gasteiger partial charge in [0.1, 0.15) is 11.3 Å². The van der Waals surface area contributed by atoms with Crippen molar-refractivity contribution in [3.05, 3.63) is 42.0 Å². The molecule has 7 nitrogen and oxygen atoms in total. The molecule has 0 atom stereocenters. The van der Waals surface area contributed by atoms with E-state index in [0.29, 0.717) is 12.5 Å². The maximum absolute atomic E-state index is 13.2. The van der Waals surface area contributed by atoms with Crippen LogP contribution in [0.4, 0.5) is 18.0 Å². The molecule has 29 heavy (non-hydrogen) atoms. The van der Waals surface area contributed by atoms with Crippen LogP contribution >= 0.6 is 0 Å². The summed E-state index contributed by atoms with van der Waals surface area (Å²) in [6.45, 7) is 3.65. The summed E-state index contributed by atoms with van der Waals surface area (Å²) in [4.78, 5) is 24.7. The number of hydrogen-bond donors (Lipinski definition) is 2. The number of ether oxygens (including phenoxy) is 1. The molecule has 1 aliphatic heterocycles. The number of nitriles is 1. The molecule has 0 unspecified atom stereocenters. The Balaban J connectivity index is 2.24. The average Bonchev–Trinajstić information content (AvgIpc) is 2.67. The zero-order valence-electron chi connectivity index (χ0n) is 15.5. The van der Waals surface area contributed by atoms with E-state index >= 15 is 0 Å². The van der Waals surface area contributed by atoms with E-state index in [2.05, 4.69) is 11.9 Å². The summed E-state index contributed by atoms with van der Waals surface area (Å²) < 4.78 is 44.9. The van der Waals surface area contributed by atoms with E-state index in [-0.39, 0.29) is 43.9 Å². The minimum atomic E-state index is -4.69. The highest BCUT2D eigenvalue weighted by Crippen LogP contribution is 2.33. The Bertz CT molecular complexity index is 825. The van der Waals surface area contributed by atoms with Crippen molar-refractivity contribution in [2.24, 2.45) is 0 Å². The van der Waals surface area contributed by atoms with Gasteiger partial charge in [-0.25, -0.2) is 4.79 Å². The topological polar surface area (TPSA) is 103 Å². The highest BCUT2D eigenvalue weighted by atomic mass is 19.4. The van der Waals surface area contributed by atoms with Crippen LogP contribution in [0.3, 0.4) is 0 Å². The van der Waals surface area contributed by atoms with Crippen molar-refractivity contribution < 1.29 is 32.6 Å². The van der Waals surface area contributed by atoms with E-state index in [1.165, 1.54) is 6.07 Å². The van der Waals surface area contributed by atoms with Crippen LogP contribution in [0, 0.1) is 11.3 Å². The fourth-order valence-electron chi connectivity index (χ4n) is 2.87. The molecular formula is C19H20F3N3O4. The molecule has 0 spiro atoms. The first-order valence-corrected chi connectivity index (χ1v) is 8.78. The van der Waals surface area contributed by atoms with Crippen LogP contribution in [0.5, 0.6) is 5.75 Å². The smallest absolute Gasteiger partial charge is 0.416 e. The number of hydrogen-bond acceptors (Lipinski definition) is 4. The Morgan fingerprint density at radius 2 is 2.00 bits per heavy atom. The minimum Gasteiger partial charge on any atom is -0.493 e. The second-order valence-electron chi connectivity index (χ2n) is 6.59. The van der Waals surface area contributed by atoms with Gasteiger partial charge in [-0.05, 0) is 24.6 Å². The lowest BCUT2D eigenvalue weighted by Crippen LogP contribution is -2.55. The Hall–Kier alpha value is -3.22. The van der Waals surface area contributed by atoms with E-state index in [0.717, 1.165) is 11.0 Å². The van der Waals surface area contributed by atoms with Gasteiger partial charge in [-0.15, -0.1) is 6.58 Å². The molecule has 2 amide bonds. The summed E-state index contributed by atoms with van der Waals surface area (Å²) in [6.07, 6.45) is -3.81. The largest absolute Gasteiger partial charge is 0.493 e. The van der Waals surface area contributed by atoms with Crippen molar-refractivity contribution >= 4 is 12.0 Å². The highest BCUT2D eigenvalue weighted by molar-refractivity contribution is 5.95. The number of benzene rings is 1. The first-order valence-electron chi connectivity index (χ1n) is 8.78. The van der Waals surface area contributed by atoms with E-state index in [9.17, 15) is 28.0 Å². The van der Waals surface area contributed by atoms with Crippen LogP contribution < -0.4 is 10.1 Å². The second kappa shape index (κ2) is 8.86. The van der Waals surface area contributed by atoms with Gasteiger partial charge in [0, 0.05) is 31.5 Å². The summed E-state index contributed by atoms with van der Waals surface area (Å²) in [5.41, 5.74) is -2.71. The van der Waals surface area contributed by atoms with Crippen molar-refractivity contribution in [1.82, 2.24) is 10.2 Å². The van der Waals surface area contributed by atoms with Crippen LogP contribution in [-0.4, -0.2) is 47.2 Å². The van der Waals surface area contributed by atoms with Crippen LogP contribution in [0.1, 0.15) is 35.2 Å². The fourth-order valence-corrected chi connectivity index (χ4v) is 2.87. The molecule has 1 aliphatic rings. The van der Waals surface area contributed by atoms with E-state index in [1.54, 1.807) is 6.08 Å². The number of carboxylic acid groups (broad SMARTS) is 1. The van der Waals surface area contributed by atoms with Crippen molar-refractivity contribution in [3.8, 4) is 11.8 Å². The van der Waals surface area contributed by atoms with E-state index in [1.807, 2.05) is 6.07 Å². The van der Waals surface area contributed by atoms with E-state index in [4.69, 9.17) is 9.84 Å². The first-order chi connectivity index (χ1) is 13.6. The number of amides is 2. The van der Waals surface area contributed by atoms with Gasteiger partial charge in [0.15, 0.2) is 0 Å². The van der Waals surface area contributed by atoms with Gasteiger partial charge >= 0.3 is 12.3 Å². The summed E-state index contributed by atoms with van der Waals surface area (Å²) in [7, 11) is 0. The fraction of sp³-hybridized carbons (Fsp3) is 0.421. The Morgan fingerprint density at radius 1 is 1.34 bits per heavy atom. The van der Waals surface area contributed by atoms with Gasteiger partial charge in [-0.1, -0.05) is 6.08 Å². The molecule has 1 aromatic carbocycles. The van der Waals surface area contributed by atoms with Gasteiger partial charge in [-0.3, -0.25) is 4.79 Å². The van der Waals surface area contributed by atoms with Crippen molar-refractivity contribution in [3.63, 3.8) is 0 Å². The molecule has 0 radical (unpaired) electrons. The van der Waals surface area contributed by atoms with Crippen LogP contribution in [0.2, 0.25) is 0 Å². The van der Waals surface area contributed by atoms with Gasteiger partial charge in [0.05, 0.1) is 18.2 Å². The molecule has 1 saturated heterocycles. The third-order valence-electron chi connectivity index (χ3n) is 4.54. The number of alkyl halides is 3. The normalized spacial score (nSPS) is 15.9. The van der Waals surface area contributed by atoms with Crippen LogP contribution in [-0.2, 0) is 6.18 Å². The predicted molar refractivity (Wildman–Crippen MR) is 96.4 cm³/mol. The maximum atomic E-state index is 13.2. The zero-order valence-corrected chi connectivity index (χ0v) is 15.5. The average molecular weight is 411 g/mol. The third kappa shape index (κ3) is 5.63. The van der Waals surface area contributed by atoms with Gasteiger partial charge in [0.25, 0.3) is 5.91 Å². The number of rotatable bonds is 6. The quantitative estimate of drug-likeness (QED) is 0.552. The molecule has 1 heterocycles. The lowest BCUT2D eigenvalue weighted by Gasteiger charge is -2.36. The second-order valence-corrected chi connectivity index (χ2v) is 6.59. The minimum absolute atomic E-state index is 0.0294. The number of halogens is 3. The SMILES string of the molecule is C=CCCOc1cc(C(=O)NC2(C#N)CCN(C(=O)O)CC2)cc(C(F)(F)F)c1. The Morgan fingerprint density at radius 3 is 2.52 bits per heavy atom. The Labute approximate surface area is 165 Å². The summed E-state index contributed by atoms with van der Waals surface area (Å²) in [6, 6.07) is 4.62. The molecule has 0 saturated carbocycles. The van der Waals surface area contributed by atoms with Gasteiger partial charge in [0.2, 0.25) is 0 Å². The molecule has 0 aromatic heterocycles. The first kappa shape index (κ1) is 22.1. The van der Waals surface area contributed by atoms with Crippen LogP contribution in [0.25, 0.3) is 0 Å². The maximum Gasteiger partial charge on any atom is 0.416 e. The van der Waals surface area contributed by atoms with Crippen LogP contribution in [0.15, 0.2) is 30.9 Å². The Kier molecular flexibility index (Phi) is 6.74. The molecule has 156 valence electrons. The molecule has 0 bridgehead atoms. The molecule has 2 N–H and O–H groups in total.